The van der Waals surface area contributed by atoms with Gasteiger partial charge in [-0.05, 0) is 0 Å². The molecule has 2 aliphatic rings. The summed E-state index contributed by atoms with van der Waals surface area (Å²) in [6, 6.07) is 1.20. The van der Waals surface area contributed by atoms with Crippen LogP contribution in [0, 0.1) is 17.2 Å². The van der Waals surface area contributed by atoms with Gasteiger partial charge in [0, 0.05) is 31.1 Å². The fourth-order valence-electron chi connectivity index (χ4n) is 1.99. The van der Waals surface area contributed by atoms with Gasteiger partial charge in [0.25, 0.3) is 5.92 Å². The molecule has 1 unspecified atom stereocenters. The van der Waals surface area contributed by atoms with Crippen LogP contribution >= 0.6 is 0 Å². The summed E-state index contributed by atoms with van der Waals surface area (Å²) in [5, 5.41) is 11.9. The van der Waals surface area contributed by atoms with E-state index in [1.54, 1.807) is 0 Å². The fourth-order valence-corrected chi connectivity index (χ4v) is 1.99. The summed E-state index contributed by atoms with van der Waals surface area (Å²) in [6.45, 7) is 5.02. The molecule has 0 amide bonds. The summed E-state index contributed by atoms with van der Waals surface area (Å²) in [5.41, 5.74) is 0.678. The van der Waals surface area contributed by atoms with Crippen LogP contribution in [0.15, 0.2) is 12.3 Å². The van der Waals surface area contributed by atoms with Crippen LogP contribution < -0.4 is 5.32 Å². The Morgan fingerprint density at radius 2 is 2.20 bits per heavy atom. The molecule has 2 aliphatic heterocycles. The molecule has 0 aliphatic carbocycles. The zero-order valence-electron chi connectivity index (χ0n) is 8.34. The normalized spacial score (nSPS) is 29.7. The van der Waals surface area contributed by atoms with Gasteiger partial charge in [-0.15, -0.1) is 0 Å². The quantitative estimate of drug-likeness (QED) is 0.742. The molecule has 3 nitrogen and oxygen atoms in total. The standard InChI is InChI=1S/C10H13F2N3/c1-7(8-4-14-5-8)15-6-10(11,12)2-9(15)3-13/h8-9,14H,1-2,4-6H2. The third-order valence-electron chi connectivity index (χ3n) is 3.04. The maximum absolute atomic E-state index is 13.1. The van der Waals surface area contributed by atoms with E-state index in [2.05, 4.69) is 11.9 Å². The average molecular weight is 213 g/mol. The summed E-state index contributed by atoms with van der Waals surface area (Å²) in [6.07, 6.45) is -0.372. The van der Waals surface area contributed by atoms with E-state index in [0.29, 0.717) is 5.70 Å². The summed E-state index contributed by atoms with van der Waals surface area (Å²) in [5.74, 6) is -2.53. The molecule has 0 aromatic heterocycles. The average Bonchev–Trinajstić information content (AvgIpc) is 2.38. The Hall–Kier alpha value is -1.15. The second kappa shape index (κ2) is 3.46. The van der Waals surface area contributed by atoms with E-state index < -0.39 is 12.0 Å². The fraction of sp³-hybridized carbons (Fsp3) is 0.700. The van der Waals surface area contributed by atoms with Crippen molar-refractivity contribution in [3.8, 4) is 6.07 Å². The molecule has 15 heavy (non-hydrogen) atoms. The molecule has 0 aromatic carbocycles. The first kappa shape index (κ1) is 10.4. The van der Waals surface area contributed by atoms with Crippen molar-refractivity contribution in [2.24, 2.45) is 5.92 Å². The Balaban J connectivity index is 2.07. The number of halogens is 2. The molecule has 0 aromatic rings. The minimum atomic E-state index is -2.75. The number of likely N-dealkylation sites (tertiary alicyclic amines) is 1. The van der Waals surface area contributed by atoms with Crippen molar-refractivity contribution in [3.63, 3.8) is 0 Å². The number of nitriles is 1. The van der Waals surface area contributed by atoms with E-state index in [0.717, 1.165) is 13.1 Å². The number of nitrogens with one attached hydrogen (secondary N) is 1. The van der Waals surface area contributed by atoms with Crippen LogP contribution in [0.2, 0.25) is 0 Å². The van der Waals surface area contributed by atoms with Crippen LogP contribution in [0.4, 0.5) is 8.78 Å². The number of hydrogen-bond donors (Lipinski definition) is 1. The third-order valence-corrected chi connectivity index (χ3v) is 3.04. The number of nitrogens with zero attached hydrogens (tertiary/aromatic N) is 2. The number of rotatable bonds is 2. The molecule has 1 N–H and O–H groups in total. The van der Waals surface area contributed by atoms with Crippen molar-refractivity contribution in [1.82, 2.24) is 10.2 Å². The maximum atomic E-state index is 13.1. The Morgan fingerprint density at radius 3 is 2.67 bits per heavy atom. The van der Waals surface area contributed by atoms with Crippen LogP contribution in [0.3, 0.4) is 0 Å². The Kier molecular flexibility index (Phi) is 2.39. The first-order valence-corrected chi connectivity index (χ1v) is 4.97. The minimum absolute atomic E-state index is 0.217. The highest BCUT2D eigenvalue weighted by molar-refractivity contribution is 5.15. The van der Waals surface area contributed by atoms with E-state index in [-0.39, 0.29) is 18.9 Å². The first-order chi connectivity index (χ1) is 7.03. The number of hydrogen-bond acceptors (Lipinski definition) is 3. The molecule has 5 heteroatoms. The van der Waals surface area contributed by atoms with E-state index >= 15 is 0 Å². The molecule has 0 spiro atoms. The second-order valence-electron chi connectivity index (χ2n) is 4.18. The third kappa shape index (κ3) is 1.82. The Morgan fingerprint density at radius 1 is 1.53 bits per heavy atom. The zero-order chi connectivity index (χ0) is 11.1. The lowest BCUT2D eigenvalue weighted by Crippen LogP contribution is -2.47. The highest BCUT2D eigenvalue weighted by Gasteiger charge is 2.46. The van der Waals surface area contributed by atoms with Gasteiger partial charge in [-0.25, -0.2) is 8.78 Å². The Labute approximate surface area is 87.4 Å². The molecule has 2 heterocycles. The molecule has 0 radical (unpaired) electrons. The smallest absolute Gasteiger partial charge is 0.268 e. The predicted molar refractivity (Wildman–Crippen MR) is 51.2 cm³/mol. The molecule has 82 valence electrons. The topological polar surface area (TPSA) is 39.1 Å². The lowest BCUT2D eigenvalue weighted by molar-refractivity contribution is 0.0138. The van der Waals surface area contributed by atoms with E-state index in [9.17, 15) is 8.78 Å². The van der Waals surface area contributed by atoms with Gasteiger partial charge in [-0.3, -0.25) is 0 Å². The van der Waals surface area contributed by atoms with Crippen molar-refractivity contribution in [2.75, 3.05) is 19.6 Å². The highest BCUT2D eigenvalue weighted by Crippen LogP contribution is 2.36. The highest BCUT2D eigenvalue weighted by atomic mass is 19.3. The van der Waals surface area contributed by atoms with E-state index in [1.165, 1.54) is 4.90 Å². The monoisotopic (exact) mass is 213 g/mol. The SMILES string of the molecule is C=C(C1CNC1)N1CC(F)(F)CC1C#N. The zero-order valence-corrected chi connectivity index (χ0v) is 8.34. The van der Waals surface area contributed by atoms with Crippen LogP contribution in [-0.4, -0.2) is 36.5 Å². The maximum Gasteiger partial charge on any atom is 0.268 e. The summed E-state index contributed by atoms with van der Waals surface area (Å²) >= 11 is 0. The minimum Gasteiger partial charge on any atom is -0.353 e. The van der Waals surface area contributed by atoms with Gasteiger partial charge >= 0.3 is 0 Å². The molecule has 0 saturated carbocycles. The van der Waals surface area contributed by atoms with Gasteiger partial charge in [0.15, 0.2) is 0 Å². The predicted octanol–water partition coefficient (Wildman–Crippen LogP) is 0.953. The van der Waals surface area contributed by atoms with Crippen LogP contribution in [0.5, 0.6) is 0 Å². The molecular weight excluding hydrogens is 200 g/mol. The number of alkyl halides is 2. The molecule has 1 atom stereocenters. The van der Waals surface area contributed by atoms with Gasteiger partial charge in [0.2, 0.25) is 0 Å². The van der Waals surface area contributed by atoms with Crippen molar-refractivity contribution < 1.29 is 8.78 Å². The van der Waals surface area contributed by atoms with Gasteiger partial charge in [-0.2, -0.15) is 5.26 Å². The lowest BCUT2D eigenvalue weighted by Gasteiger charge is -2.35. The Bertz CT molecular complexity index is 317. The van der Waals surface area contributed by atoms with Crippen molar-refractivity contribution in [3.05, 3.63) is 12.3 Å². The molecule has 2 saturated heterocycles. The summed E-state index contributed by atoms with van der Waals surface area (Å²) in [4.78, 5) is 1.46. The van der Waals surface area contributed by atoms with E-state index in [1.807, 2.05) is 6.07 Å². The summed E-state index contributed by atoms with van der Waals surface area (Å²) in [7, 11) is 0. The summed E-state index contributed by atoms with van der Waals surface area (Å²) < 4.78 is 26.3. The largest absolute Gasteiger partial charge is 0.353 e. The molecular formula is C10H13F2N3. The van der Waals surface area contributed by atoms with Crippen LogP contribution in [-0.2, 0) is 0 Å². The second-order valence-corrected chi connectivity index (χ2v) is 4.18. The van der Waals surface area contributed by atoms with Gasteiger partial charge in [0.05, 0.1) is 12.6 Å². The van der Waals surface area contributed by atoms with Gasteiger partial charge in [0.1, 0.15) is 6.04 Å². The van der Waals surface area contributed by atoms with Gasteiger partial charge in [-0.1, -0.05) is 6.58 Å². The molecule has 2 fully saturated rings. The van der Waals surface area contributed by atoms with Crippen LogP contribution in [0.25, 0.3) is 0 Å². The van der Waals surface area contributed by atoms with Crippen molar-refractivity contribution >= 4 is 0 Å². The van der Waals surface area contributed by atoms with Crippen LogP contribution in [0.1, 0.15) is 6.42 Å². The molecule has 0 bridgehead atoms. The van der Waals surface area contributed by atoms with E-state index in [4.69, 9.17) is 5.26 Å². The van der Waals surface area contributed by atoms with Crippen molar-refractivity contribution in [1.29, 1.82) is 5.26 Å². The van der Waals surface area contributed by atoms with Gasteiger partial charge < -0.3 is 10.2 Å². The first-order valence-electron chi connectivity index (χ1n) is 4.97. The lowest BCUT2D eigenvalue weighted by atomic mass is 9.98. The molecule has 2 rings (SSSR count). The van der Waals surface area contributed by atoms with Crippen molar-refractivity contribution in [2.45, 2.75) is 18.4 Å².